The number of nitrogens with zero attached hydrogens (tertiary/aromatic N) is 2. The Morgan fingerprint density at radius 3 is 2.82 bits per heavy atom. The number of benzene rings is 1. The zero-order valence-corrected chi connectivity index (χ0v) is 15.5. The molecule has 0 saturated carbocycles. The van der Waals surface area contributed by atoms with E-state index in [2.05, 4.69) is 15.0 Å². The van der Waals surface area contributed by atoms with Crippen molar-refractivity contribution in [2.45, 2.75) is 19.3 Å². The van der Waals surface area contributed by atoms with Crippen LogP contribution >= 0.6 is 0 Å². The van der Waals surface area contributed by atoms with Crippen molar-refractivity contribution in [3.8, 4) is 17.1 Å². The number of pyridine rings is 1. The van der Waals surface area contributed by atoms with Crippen molar-refractivity contribution in [3.05, 3.63) is 42.4 Å². The molecule has 0 radical (unpaired) electrons. The summed E-state index contributed by atoms with van der Waals surface area (Å²) in [5.41, 5.74) is 2.49. The number of rotatable bonds is 10. The number of carboxylic acid groups (broad SMARTS) is 1. The van der Waals surface area contributed by atoms with E-state index in [1.807, 2.05) is 30.3 Å². The van der Waals surface area contributed by atoms with E-state index in [9.17, 15) is 9.59 Å². The van der Waals surface area contributed by atoms with Crippen molar-refractivity contribution in [2.75, 3.05) is 20.3 Å². The fourth-order valence-corrected chi connectivity index (χ4v) is 2.79. The van der Waals surface area contributed by atoms with Gasteiger partial charge in [0, 0.05) is 24.8 Å². The number of aliphatic carboxylic acids is 1. The predicted octanol–water partition coefficient (Wildman–Crippen LogP) is 2.63. The van der Waals surface area contributed by atoms with Crippen molar-refractivity contribution in [1.29, 1.82) is 0 Å². The standard InChI is InChI=1S/C20H21N3O5/c1-27-19-14(11-13-5-2-3-6-15(13)23-19)16-12-21-18(22-16)8-10-28-9-4-7-17(24)20(25)26/h2-3,5-6,11-12H,4,7-10H2,1H3,(H,21,22)(H,25,26). The third-order valence-electron chi connectivity index (χ3n) is 4.22. The summed E-state index contributed by atoms with van der Waals surface area (Å²) >= 11 is 0. The molecular weight excluding hydrogens is 362 g/mol. The first-order valence-electron chi connectivity index (χ1n) is 8.90. The highest BCUT2D eigenvalue weighted by Gasteiger charge is 2.13. The third kappa shape index (κ3) is 4.72. The SMILES string of the molecule is COc1nc2ccccc2cc1-c1cnc(CCOCCCC(=O)C(=O)O)[nH]1. The number of H-pyrrole nitrogens is 1. The minimum Gasteiger partial charge on any atom is -0.480 e. The fraction of sp³-hybridized carbons (Fsp3) is 0.300. The summed E-state index contributed by atoms with van der Waals surface area (Å²) in [6, 6.07) is 9.82. The second kappa shape index (κ2) is 9.09. The molecule has 0 aliphatic rings. The Kier molecular flexibility index (Phi) is 6.33. The van der Waals surface area contributed by atoms with Gasteiger partial charge in [0.2, 0.25) is 11.7 Å². The maximum absolute atomic E-state index is 11.0. The van der Waals surface area contributed by atoms with Crippen LogP contribution in [-0.2, 0) is 20.7 Å². The summed E-state index contributed by atoms with van der Waals surface area (Å²) in [7, 11) is 1.58. The molecule has 8 nitrogen and oxygen atoms in total. The van der Waals surface area contributed by atoms with Crippen molar-refractivity contribution in [1.82, 2.24) is 15.0 Å². The van der Waals surface area contributed by atoms with Crippen LogP contribution in [0.3, 0.4) is 0 Å². The van der Waals surface area contributed by atoms with Crippen LogP contribution in [-0.4, -0.2) is 52.1 Å². The summed E-state index contributed by atoms with van der Waals surface area (Å²) in [6.45, 7) is 0.746. The predicted molar refractivity (Wildman–Crippen MR) is 102 cm³/mol. The zero-order chi connectivity index (χ0) is 19.9. The van der Waals surface area contributed by atoms with Crippen LogP contribution < -0.4 is 4.74 Å². The molecule has 0 bridgehead atoms. The summed E-state index contributed by atoms with van der Waals surface area (Å²) in [6.07, 6.45) is 2.66. The Morgan fingerprint density at radius 1 is 1.21 bits per heavy atom. The van der Waals surface area contributed by atoms with Gasteiger partial charge in [-0.2, -0.15) is 0 Å². The number of carbonyl (C=O) groups is 2. The second-order valence-electron chi connectivity index (χ2n) is 6.18. The van der Waals surface area contributed by atoms with Gasteiger partial charge in [0.15, 0.2) is 0 Å². The molecule has 0 saturated heterocycles. The Morgan fingerprint density at radius 2 is 2.04 bits per heavy atom. The highest BCUT2D eigenvalue weighted by Crippen LogP contribution is 2.30. The molecule has 0 spiro atoms. The van der Waals surface area contributed by atoms with Gasteiger partial charge >= 0.3 is 5.97 Å². The van der Waals surface area contributed by atoms with E-state index in [0.717, 1.165) is 28.0 Å². The number of hydrogen-bond acceptors (Lipinski definition) is 6. The molecule has 2 N–H and O–H groups in total. The lowest BCUT2D eigenvalue weighted by Crippen LogP contribution is -2.13. The van der Waals surface area contributed by atoms with Crippen LogP contribution in [0.4, 0.5) is 0 Å². The normalized spacial score (nSPS) is 10.9. The molecule has 2 heterocycles. The average Bonchev–Trinajstić information content (AvgIpc) is 3.18. The molecule has 1 aromatic carbocycles. The quantitative estimate of drug-likeness (QED) is 0.408. The molecule has 2 aromatic heterocycles. The van der Waals surface area contributed by atoms with Crippen LogP contribution in [0.5, 0.6) is 5.88 Å². The second-order valence-corrected chi connectivity index (χ2v) is 6.18. The number of nitrogens with one attached hydrogen (secondary N) is 1. The molecule has 146 valence electrons. The Bertz CT molecular complexity index is 983. The van der Waals surface area contributed by atoms with E-state index in [1.54, 1.807) is 13.3 Å². The zero-order valence-electron chi connectivity index (χ0n) is 15.5. The highest BCUT2D eigenvalue weighted by molar-refractivity contribution is 6.32. The van der Waals surface area contributed by atoms with Crippen molar-refractivity contribution in [2.24, 2.45) is 0 Å². The van der Waals surface area contributed by atoms with Gasteiger partial charge in [-0.05, 0) is 18.6 Å². The van der Waals surface area contributed by atoms with Gasteiger partial charge < -0.3 is 19.6 Å². The van der Waals surface area contributed by atoms with E-state index in [0.29, 0.717) is 31.9 Å². The van der Waals surface area contributed by atoms with Gasteiger partial charge in [-0.1, -0.05) is 18.2 Å². The summed E-state index contributed by atoms with van der Waals surface area (Å²) in [5.74, 6) is -0.918. The number of carboxylic acids is 1. The van der Waals surface area contributed by atoms with Gasteiger partial charge in [-0.3, -0.25) is 4.79 Å². The molecule has 28 heavy (non-hydrogen) atoms. The number of para-hydroxylation sites is 1. The Labute approximate surface area is 161 Å². The first-order chi connectivity index (χ1) is 13.6. The summed E-state index contributed by atoms with van der Waals surface area (Å²) in [4.78, 5) is 33.6. The smallest absolute Gasteiger partial charge is 0.372 e. The molecule has 3 aromatic rings. The number of fused-ring (bicyclic) bond motifs is 1. The monoisotopic (exact) mass is 383 g/mol. The van der Waals surface area contributed by atoms with Crippen molar-refractivity contribution < 1.29 is 24.2 Å². The van der Waals surface area contributed by atoms with Crippen LogP contribution in [0, 0.1) is 0 Å². The third-order valence-corrected chi connectivity index (χ3v) is 4.22. The average molecular weight is 383 g/mol. The lowest BCUT2D eigenvalue weighted by atomic mass is 10.1. The number of ketones is 1. The van der Waals surface area contributed by atoms with Gasteiger partial charge in [0.05, 0.1) is 36.7 Å². The van der Waals surface area contributed by atoms with Crippen LogP contribution in [0.25, 0.3) is 22.2 Å². The fourth-order valence-electron chi connectivity index (χ4n) is 2.79. The topological polar surface area (TPSA) is 114 Å². The van der Waals surface area contributed by atoms with Crippen molar-refractivity contribution in [3.63, 3.8) is 0 Å². The van der Waals surface area contributed by atoms with Gasteiger partial charge in [-0.25, -0.2) is 14.8 Å². The number of Topliss-reactive ketones (excluding diaryl/α,β-unsaturated/α-hetero) is 1. The largest absolute Gasteiger partial charge is 0.480 e. The molecule has 8 heteroatoms. The van der Waals surface area contributed by atoms with Gasteiger partial charge in [0.1, 0.15) is 5.82 Å². The number of imidazole rings is 1. The number of methoxy groups -OCH3 is 1. The Balaban J connectivity index is 1.58. The number of aromatic amines is 1. The maximum atomic E-state index is 11.0. The molecule has 0 fully saturated rings. The Hall–Kier alpha value is -3.26. The number of hydrogen-bond donors (Lipinski definition) is 2. The summed E-state index contributed by atoms with van der Waals surface area (Å²) < 4.78 is 10.9. The van der Waals surface area contributed by atoms with Crippen LogP contribution in [0.1, 0.15) is 18.7 Å². The van der Waals surface area contributed by atoms with Crippen molar-refractivity contribution >= 4 is 22.7 Å². The van der Waals surface area contributed by atoms with Gasteiger partial charge in [0.25, 0.3) is 0 Å². The van der Waals surface area contributed by atoms with E-state index >= 15 is 0 Å². The number of aromatic nitrogens is 3. The number of carbonyl (C=O) groups excluding carboxylic acids is 1. The van der Waals surface area contributed by atoms with E-state index < -0.39 is 11.8 Å². The van der Waals surface area contributed by atoms with Crippen LogP contribution in [0.2, 0.25) is 0 Å². The first kappa shape index (κ1) is 19.5. The lowest BCUT2D eigenvalue weighted by Gasteiger charge is -2.08. The molecule has 0 aliphatic carbocycles. The van der Waals surface area contributed by atoms with E-state index in [1.165, 1.54) is 0 Å². The molecule has 0 aliphatic heterocycles. The molecule has 0 amide bonds. The number of ether oxygens (including phenoxy) is 2. The minimum absolute atomic E-state index is 0.0189. The molecular formula is C20H21N3O5. The van der Waals surface area contributed by atoms with E-state index in [4.69, 9.17) is 14.6 Å². The molecule has 0 unspecified atom stereocenters. The molecule has 3 rings (SSSR count). The van der Waals surface area contributed by atoms with Gasteiger partial charge in [-0.15, -0.1) is 0 Å². The molecule has 0 atom stereocenters. The highest BCUT2D eigenvalue weighted by atomic mass is 16.5. The maximum Gasteiger partial charge on any atom is 0.372 e. The summed E-state index contributed by atoms with van der Waals surface area (Å²) in [5, 5.41) is 9.52. The minimum atomic E-state index is -1.40. The van der Waals surface area contributed by atoms with E-state index in [-0.39, 0.29) is 6.42 Å². The lowest BCUT2D eigenvalue weighted by molar-refractivity contribution is -0.149. The first-order valence-corrected chi connectivity index (χ1v) is 8.90. The van der Waals surface area contributed by atoms with Crippen LogP contribution in [0.15, 0.2) is 36.5 Å².